The summed E-state index contributed by atoms with van der Waals surface area (Å²) in [6.45, 7) is 4.72. The number of unbranched alkanes of at least 4 members (excludes halogenated alkanes) is 1. The molecule has 0 aliphatic carbocycles. The van der Waals surface area contributed by atoms with E-state index in [2.05, 4.69) is 36.1 Å². The Balaban J connectivity index is 2.05. The van der Waals surface area contributed by atoms with E-state index < -0.39 is 0 Å². The molecule has 0 heterocycles. The first-order valence-electron chi connectivity index (χ1n) is 7.29. The van der Waals surface area contributed by atoms with Gasteiger partial charge in [-0.15, -0.1) is 0 Å². The van der Waals surface area contributed by atoms with Crippen molar-refractivity contribution in [2.75, 3.05) is 6.54 Å². The molecule has 2 heteroatoms. The molecule has 1 nitrogen and oxygen atoms in total. The molecule has 0 atom stereocenters. The molecule has 0 unspecified atom stereocenters. The fourth-order valence-electron chi connectivity index (χ4n) is 2.30. The molecule has 2 aromatic carbocycles. The van der Waals surface area contributed by atoms with Crippen LogP contribution < -0.4 is 0 Å². The van der Waals surface area contributed by atoms with E-state index in [1.165, 1.54) is 11.6 Å². The van der Waals surface area contributed by atoms with Gasteiger partial charge in [-0.05, 0) is 24.6 Å². The van der Waals surface area contributed by atoms with Crippen molar-refractivity contribution in [3.8, 4) is 0 Å². The van der Waals surface area contributed by atoms with Crippen molar-refractivity contribution in [2.24, 2.45) is 0 Å². The molecule has 0 saturated carbocycles. The topological polar surface area (TPSA) is 3.24 Å². The van der Waals surface area contributed by atoms with Crippen molar-refractivity contribution < 1.29 is 4.39 Å². The number of hydrogen-bond acceptors (Lipinski definition) is 1. The zero-order chi connectivity index (χ0) is 14.2. The van der Waals surface area contributed by atoms with Crippen LogP contribution in [0.4, 0.5) is 4.39 Å². The minimum absolute atomic E-state index is 0.109. The van der Waals surface area contributed by atoms with Gasteiger partial charge in [-0.1, -0.05) is 61.9 Å². The van der Waals surface area contributed by atoms with Crippen molar-refractivity contribution in [2.45, 2.75) is 32.9 Å². The third-order valence-electron chi connectivity index (χ3n) is 3.43. The lowest BCUT2D eigenvalue weighted by atomic mass is 10.1. The van der Waals surface area contributed by atoms with E-state index in [4.69, 9.17) is 0 Å². The van der Waals surface area contributed by atoms with E-state index in [0.29, 0.717) is 6.54 Å². The average Bonchev–Trinajstić information content (AvgIpc) is 2.48. The van der Waals surface area contributed by atoms with Crippen molar-refractivity contribution >= 4 is 0 Å². The van der Waals surface area contributed by atoms with Crippen LogP contribution in [0.25, 0.3) is 0 Å². The largest absolute Gasteiger partial charge is 0.295 e. The van der Waals surface area contributed by atoms with Crippen LogP contribution in [0.1, 0.15) is 30.9 Å². The summed E-state index contributed by atoms with van der Waals surface area (Å²) in [5, 5.41) is 0. The number of rotatable bonds is 7. The third-order valence-corrected chi connectivity index (χ3v) is 3.43. The molecule has 0 aliphatic rings. The predicted molar refractivity (Wildman–Crippen MR) is 81.9 cm³/mol. The molecule has 0 N–H and O–H groups in total. The summed E-state index contributed by atoms with van der Waals surface area (Å²) < 4.78 is 13.8. The Hall–Kier alpha value is -1.67. The first kappa shape index (κ1) is 14.7. The lowest BCUT2D eigenvalue weighted by molar-refractivity contribution is 0.249. The van der Waals surface area contributed by atoms with Crippen LogP contribution in [-0.2, 0) is 13.1 Å². The third kappa shape index (κ3) is 4.46. The van der Waals surface area contributed by atoms with Gasteiger partial charge in [0.15, 0.2) is 0 Å². The van der Waals surface area contributed by atoms with E-state index in [-0.39, 0.29) is 5.82 Å². The summed E-state index contributed by atoms with van der Waals surface area (Å²) in [4.78, 5) is 2.32. The summed E-state index contributed by atoms with van der Waals surface area (Å²) >= 11 is 0. The molecule has 106 valence electrons. The zero-order valence-corrected chi connectivity index (χ0v) is 12.1. The Kier molecular flexibility index (Phi) is 5.75. The highest BCUT2D eigenvalue weighted by atomic mass is 19.1. The molecular formula is C18H22FN. The van der Waals surface area contributed by atoms with Gasteiger partial charge in [0.25, 0.3) is 0 Å². The summed E-state index contributed by atoms with van der Waals surface area (Å²) in [6, 6.07) is 17.4. The normalized spacial score (nSPS) is 10.9. The van der Waals surface area contributed by atoms with E-state index in [0.717, 1.165) is 31.5 Å². The van der Waals surface area contributed by atoms with Crippen LogP contribution in [0.2, 0.25) is 0 Å². The van der Waals surface area contributed by atoms with Crippen molar-refractivity contribution in [1.82, 2.24) is 4.90 Å². The number of hydrogen-bond donors (Lipinski definition) is 0. The Bertz CT molecular complexity index is 510. The molecule has 0 amide bonds. The maximum Gasteiger partial charge on any atom is 0.127 e. The summed E-state index contributed by atoms with van der Waals surface area (Å²) in [7, 11) is 0. The smallest absolute Gasteiger partial charge is 0.127 e. The second-order valence-electron chi connectivity index (χ2n) is 5.14. The summed E-state index contributed by atoms with van der Waals surface area (Å²) in [5.74, 6) is -0.109. The van der Waals surface area contributed by atoms with E-state index >= 15 is 0 Å². The molecular weight excluding hydrogens is 249 g/mol. The fraction of sp³-hybridized carbons (Fsp3) is 0.333. The predicted octanol–water partition coefficient (Wildman–Crippen LogP) is 4.63. The highest BCUT2D eigenvalue weighted by Crippen LogP contribution is 2.13. The van der Waals surface area contributed by atoms with Crippen molar-refractivity contribution in [1.29, 1.82) is 0 Å². The van der Waals surface area contributed by atoms with Crippen LogP contribution in [0.15, 0.2) is 54.6 Å². The molecule has 0 aromatic heterocycles. The Morgan fingerprint density at radius 1 is 0.900 bits per heavy atom. The molecule has 2 rings (SSSR count). The van der Waals surface area contributed by atoms with Gasteiger partial charge in [0.1, 0.15) is 5.82 Å². The number of benzene rings is 2. The van der Waals surface area contributed by atoms with Crippen LogP contribution in [0.5, 0.6) is 0 Å². The lowest BCUT2D eigenvalue weighted by Gasteiger charge is -2.22. The maximum atomic E-state index is 13.8. The van der Waals surface area contributed by atoms with Crippen molar-refractivity contribution in [3.63, 3.8) is 0 Å². The Morgan fingerprint density at radius 3 is 2.30 bits per heavy atom. The monoisotopic (exact) mass is 271 g/mol. The maximum absolute atomic E-state index is 13.8. The van der Waals surface area contributed by atoms with Gasteiger partial charge in [-0.2, -0.15) is 0 Å². The first-order chi connectivity index (χ1) is 9.79. The zero-order valence-electron chi connectivity index (χ0n) is 12.1. The Morgan fingerprint density at radius 2 is 1.60 bits per heavy atom. The first-order valence-corrected chi connectivity index (χ1v) is 7.29. The van der Waals surface area contributed by atoms with Gasteiger partial charge in [-0.25, -0.2) is 4.39 Å². The molecule has 0 saturated heterocycles. The van der Waals surface area contributed by atoms with Crippen LogP contribution in [0, 0.1) is 5.82 Å². The van der Waals surface area contributed by atoms with Gasteiger partial charge >= 0.3 is 0 Å². The van der Waals surface area contributed by atoms with Crippen LogP contribution >= 0.6 is 0 Å². The fourth-order valence-corrected chi connectivity index (χ4v) is 2.30. The van der Waals surface area contributed by atoms with E-state index in [1.807, 2.05) is 18.2 Å². The molecule has 0 radical (unpaired) electrons. The standard InChI is InChI=1S/C18H22FN/c1-2-3-13-20(14-16-9-5-4-6-10-16)15-17-11-7-8-12-18(17)19/h4-12H,2-3,13-15H2,1H3. The highest BCUT2D eigenvalue weighted by Gasteiger charge is 2.09. The molecule has 0 aliphatic heterocycles. The summed E-state index contributed by atoms with van der Waals surface area (Å²) in [5.41, 5.74) is 2.06. The average molecular weight is 271 g/mol. The van der Waals surface area contributed by atoms with Gasteiger partial charge in [0.2, 0.25) is 0 Å². The minimum Gasteiger partial charge on any atom is -0.295 e. The molecule has 20 heavy (non-hydrogen) atoms. The van der Waals surface area contributed by atoms with Gasteiger partial charge in [0, 0.05) is 18.7 Å². The minimum atomic E-state index is -0.109. The van der Waals surface area contributed by atoms with Gasteiger partial charge < -0.3 is 0 Å². The van der Waals surface area contributed by atoms with Gasteiger partial charge in [-0.3, -0.25) is 4.90 Å². The molecule has 0 bridgehead atoms. The van der Waals surface area contributed by atoms with Crippen LogP contribution in [-0.4, -0.2) is 11.4 Å². The number of halogens is 1. The Labute approximate surface area is 121 Å². The molecule has 2 aromatic rings. The quantitative estimate of drug-likeness (QED) is 0.709. The second kappa shape index (κ2) is 7.81. The number of nitrogens with zero attached hydrogens (tertiary/aromatic N) is 1. The highest BCUT2D eigenvalue weighted by molar-refractivity contribution is 5.18. The lowest BCUT2D eigenvalue weighted by Crippen LogP contribution is -2.24. The van der Waals surface area contributed by atoms with Crippen LogP contribution in [0.3, 0.4) is 0 Å². The second-order valence-corrected chi connectivity index (χ2v) is 5.14. The molecule has 0 spiro atoms. The SMILES string of the molecule is CCCCN(Cc1ccccc1)Cc1ccccc1F. The molecule has 0 fully saturated rings. The summed E-state index contributed by atoms with van der Waals surface area (Å²) in [6.07, 6.45) is 2.30. The van der Waals surface area contributed by atoms with Crippen molar-refractivity contribution in [3.05, 3.63) is 71.5 Å². The van der Waals surface area contributed by atoms with Gasteiger partial charge in [0.05, 0.1) is 0 Å². The van der Waals surface area contributed by atoms with E-state index in [9.17, 15) is 4.39 Å². The van der Waals surface area contributed by atoms with E-state index in [1.54, 1.807) is 6.07 Å².